The Morgan fingerprint density at radius 2 is 1.66 bits per heavy atom. The summed E-state index contributed by atoms with van der Waals surface area (Å²) in [6.07, 6.45) is 4.98. The molecular formula is C27H37N2NaO9S2. The number of carboxylic acids is 1. The summed E-state index contributed by atoms with van der Waals surface area (Å²) >= 11 is 0. The van der Waals surface area contributed by atoms with Crippen molar-refractivity contribution < 1.29 is 69.8 Å². The molecule has 0 aromatic rings. The number of benzene rings is 1. The molecule has 3 aliphatic rings. The van der Waals surface area contributed by atoms with Crippen molar-refractivity contribution in [2.24, 2.45) is 0 Å². The zero-order valence-electron chi connectivity index (χ0n) is 23.8. The number of aliphatic carboxylic acids is 1. The van der Waals surface area contributed by atoms with Crippen molar-refractivity contribution in [1.82, 2.24) is 9.89 Å². The van der Waals surface area contributed by atoms with Gasteiger partial charge in [0.1, 0.15) is 24.6 Å². The molecule has 0 aromatic carbocycles. The quantitative estimate of drug-likeness (QED) is 0.112. The number of fused-ring (bicyclic) bond motifs is 2. The molecule has 2 N–H and O–H groups in total. The molecule has 41 heavy (non-hydrogen) atoms. The van der Waals surface area contributed by atoms with E-state index < -0.39 is 37.7 Å². The fraction of sp³-hybridized carbons (Fsp3) is 0.556. The molecule has 0 atom stereocenters. The number of nitrogens with one attached hydrogen (secondary N) is 1. The van der Waals surface area contributed by atoms with E-state index in [0.717, 1.165) is 22.2 Å². The molecule has 0 unspecified atom stereocenters. The minimum absolute atomic E-state index is 0. The Kier molecular flexibility index (Phi) is 13.1. The monoisotopic (exact) mass is 620 g/mol. The van der Waals surface area contributed by atoms with E-state index in [4.69, 9.17) is 9.52 Å². The molecule has 14 heteroatoms. The summed E-state index contributed by atoms with van der Waals surface area (Å²) in [5.41, 5.74) is 2.53. The standard InChI is InChI=1S/C27H38N2O9S2.Na/c1-27(2)19-21(28-11-6-14-39(32,33)34)17-25-23(27)16-20-9-10-22(18-24(20)38-25)29(13-7-15-40(35,36)37)12-5-3-4-8-26(30)31;/h9-10,16-18H,3-8,11-15,19H2,1-2H3,(H3,30,31,32,33,34,35,36,37);/q;+1/p-1. The summed E-state index contributed by atoms with van der Waals surface area (Å²) in [4.78, 5) is 10.8. The van der Waals surface area contributed by atoms with Crippen molar-refractivity contribution >= 4 is 32.3 Å². The van der Waals surface area contributed by atoms with Crippen molar-refractivity contribution in [3.8, 4) is 11.3 Å². The average molecular weight is 621 g/mol. The molecule has 3 rings (SSSR count). The fourth-order valence-corrected chi connectivity index (χ4v) is 5.89. The van der Waals surface area contributed by atoms with Gasteiger partial charge in [0.25, 0.3) is 0 Å². The zero-order valence-corrected chi connectivity index (χ0v) is 27.5. The van der Waals surface area contributed by atoms with Crippen molar-refractivity contribution in [2.75, 3.05) is 31.1 Å². The van der Waals surface area contributed by atoms with Crippen LogP contribution in [0.5, 0.6) is 0 Å². The molecule has 1 heterocycles. The van der Waals surface area contributed by atoms with Gasteiger partial charge in [0.2, 0.25) is 5.36 Å². The number of allylic oxidation sites excluding steroid dienone is 1. The second-order valence-electron chi connectivity index (χ2n) is 10.8. The van der Waals surface area contributed by atoms with Gasteiger partial charge in [0.05, 0.1) is 26.3 Å². The van der Waals surface area contributed by atoms with Gasteiger partial charge in [0.15, 0.2) is 0 Å². The Morgan fingerprint density at radius 3 is 2.32 bits per heavy atom. The van der Waals surface area contributed by atoms with E-state index >= 15 is 0 Å². The van der Waals surface area contributed by atoms with E-state index in [0.29, 0.717) is 56.8 Å². The third-order valence-corrected chi connectivity index (χ3v) is 8.46. The first-order valence-corrected chi connectivity index (χ1v) is 16.5. The summed E-state index contributed by atoms with van der Waals surface area (Å²) in [6.45, 7) is 5.44. The van der Waals surface area contributed by atoms with Crippen LogP contribution in [0.1, 0.15) is 70.1 Å². The maximum Gasteiger partial charge on any atom is 1.00 e. The second kappa shape index (κ2) is 15.1. The van der Waals surface area contributed by atoms with E-state index in [1.807, 2.05) is 28.9 Å². The Balaban J connectivity index is 0.00000588. The first kappa shape index (κ1) is 35.5. The predicted octanol–water partition coefficient (Wildman–Crippen LogP) is -0.712. The van der Waals surface area contributed by atoms with Gasteiger partial charge < -0.3 is 23.9 Å². The molecule has 0 radical (unpaired) electrons. The van der Waals surface area contributed by atoms with Crippen LogP contribution in [0.3, 0.4) is 0 Å². The maximum atomic E-state index is 11.1. The SMILES string of the molecule is CC1(C)CC(NCCCS(=O)(=O)[O-])=Cc2oc3cc(=[N+](CCCCCC(=O)O)CCCS(=O)(=O)[O-])ccc-3cc21.[Na+]. The second-order valence-corrected chi connectivity index (χ2v) is 13.9. The molecule has 0 bridgehead atoms. The molecule has 2 aliphatic carbocycles. The molecule has 11 nitrogen and oxygen atoms in total. The van der Waals surface area contributed by atoms with Crippen molar-refractivity contribution in [2.45, 2.75) is 64.2 Å². The number of hydrogen-bond acceptors (Lipinski definition) is 9. The molecular weight excluding hydrogens is 583 g/mol. The van der Waals surface area contributed by atoms with Crippen molar-refractivity contribution in [3.05, 3.63) is 46.6 Å². The fourth-order valence-electron chi connectivity index (χ4n) is 4.91. The van der Waals surface area contributed by atoms with E-state index in [-0.39, 0.29) is 54.2 Å². The van der Waals surface area contributed by atoms with Gasteiger partial charge >= 0.3 is 35.5 Å². The summed E-state index contributed by atoms with van der Waals surface area (Å²) in [6, 6.07) is 7.82. The number of rotatable bonds is 15. The van der Waals surface area contributed by atoms with E-state index in [9.17, 15) is 30.7 Å². The summed E-state index contributed by atoms with van der Waals surface area (Å²) < 4.78 is 74.4. The van der Waals surface area contributed by atoms with Crippen LogP contribution in [0.25, 0.3) is 17.4 Å². The van der Waals surface area contributed by atoms with Crippen LogP contribution in [0.2, 0.25) is 0 Å². The van der Waals surface area contributed by atoms with Gasteiger partial charge in [-0.15, -0.1) is 0 Å². The molecule has 0 saturated heterocycles. The number of unbranched alkanes of at least 4 members (excludes halogenated alkanes) is 2. The van der Waals surface area contributed by atoms with Gasteiger partial charge in [-0.1, -0.05) is 13.8 Å². The van der Waals surface area contributed by atoms with E-state index in [2.05, 4.69) is 25.2 Å². The van der Waals surface area contributed by atoms with E-state index in [1.165, 1.54) is 0 Å². The van der Waals surface area contributed by atoms with Gasteiger partial charge in [0, 0.05) is 66.3 Å². The van der Waals surface area contributed by atoms with Gasteiger partial charge in [-0.2, -0.15) is 0 Å². The van der Waals surface area contributed by atoms with Crippen molar-refractivity contribution in [1.29, 1.82) is 0 Å². The first-order valence-electron chi connectivity index (χ1n) is 13.3. The molecule has 0 fully saturated rings. The number of carboxylic acid groups (broad SMARTS) is 1. The third kappa shape index (κ3) is 11.8. The Morgan fingerprint density at radius 1 is 1.00 bits per heavy atom. The summed E-state index contributed by atoms with van der Waals surface area (Å²) in [5.74, 6) is -0.457. The normalized spacial score (nSPS) is 15.5. The Bertz CT molecular complexity index is 1500. The first-order chi connectivity index (χ1) is 18.6. The maximum absolute atomic E-state index is 11.1. The van der Waals surface area contributed by atoms with Crippen LogP contribution in [0.15, 0.2) is 34.4 Å². The largest absolute Gasteiger partial charge is 1.00 e. The van der Waals surface area contributed by atoms with Gasteiger partial charge in [-0.05, 0) is 43.2 Å². The smallest absolute Gasteiger partial charge is 0.748 e. The number of carbonyl (C=O) groups is 1. The number of hydrogen-bond donors (Lipinski definition) is 2. The van der Waals surface area contributed by atoms with Crippen LogP contribution >= 0.6 is 0 Å². The summed E-state index contributed by atoms with van der Waals surface area (Å²) in [7, 11) is -8.60. The summed E-state index contributed by atoms with van der Waals surface area (Å²) in [5, 5.41) is 12.9. The van der Waals surface area contributed by atoms with Crippen molar-refractivity contribution in [3.63, 3.8) is 0 Å². The third-order valence-electron chi connectivity index (χ3n) is 6.88. The zero-order chi connectivity index (χ0) is 29.6. The molecule has 1 aliphatic heterocycles. The minimum Gasteiger partial charge on any atom is -0.748 e. The average Bonchev–Trinajstić information content (AvgIpc) is 2.82. The Hall–Kier alpha value is -1.74. The van der Waals surface area contributed by atoms with Crippen LogP contribution in [-0.4, -0.2) is 68.2 Å². The van der Waals surface area contributed by atoms with Crippen LogP contribution < -0.4 is 44.8 Å². The van der Waals surface area contributed by atoms with Crippen LogP contribution in [0.4, 0.5) is 0 Å². The molecule has 0 amide bonds. The molecule has 0 saturated carbocycles. The predicted molar refractivity (Wildman–Crippen MR) is 148 cm³/mol. The van der Waals surface area contributed by atoms with Crippen LogP contribution in [0, 0.1) is 0 Å². The topological polar surface area (TPSA) is 180 Å². The van der Waals surface area contributed by atoms with Crippen LogP contribution in [-0.2, 0) is 30.4 Å². The van der Waals surface area contributed by atoms with E-state index in [1.54, 1.807) is 0 Å². The minimum atomic E-state index is -4.34. The Labute approximate surface area is 263 Å². The molecule has 222 valence electrons. The van der Waals surface area contributed by atoms with Gasteiger partial charge in [-0.25, -0.2) is 21.4 Å². The molecule has 0 spiro atoms. The number of nitrogens with zero attached hydrogens (tertiary/aromatic N) is 1. The molecule has 0 aromatic heterocycles. The van der Waals surface area contributed by atoms with Gasteiger partial charge in [-0.3, -0.25) is 4.79 Å².